The van der Waals surface area contributed by atoms with Gasteiger partial charge in [0.05, 0.1) is 11.7 Å². The van der Waals surface area contributed by atoms with Crippen LogP contribution in [0.2, 0.25) is 0 Å². The second-order valence-electron chi connectivity index (χ2n) is 10.4. The van der Waals surface area contributed by atoms with E-state index in [0.29, 0.717) is 40.6 Å². The van der Waals surface area contributed by atoms with Crippen molar-refractivity contribution in [3.63, 3.8) is 0 Å². The fourth-order valence-electron chi connectivity index (χ4n) is 5.78. The van der Waals surface area contributed by atoms with E-state index in [1.165, 1.54) is 12.5 Å². The molecule has 0 amide bonds. The Balaban J connectivity index is 1.23. The third kappa shape index (κ3) is 4.34. The number of nitrogens with two attached hydrogens (primary N) is 1. The topological polar surface area (TPSA) is 97.8 Å². The van der Waals surface area contributed by atoms with Crippen molar-refractivity contribution in [2.24, 2.45) is 17.6 Å². The van der Waals surface area contributed by atoms with Crippen LogP contribution in [0.4, 0.5) is 20.5 Å². The van der Waals surface area contributed by atoms with E-state index in [1.54, 1.807) is 24.5 Å². The molecule has 3 aromatic heterocycles. The van der Waals surface area contributed by atoms with E-state index in [-0.39, 0.29) is 17.1 Å². The van der Waals surface area contributed by atoms with Gasteiger partial charge in [0.2, 0.25) is 5.95 Å². The molecule has 8 nitrogen and oxygen atoms in total. The molecule has 1 unspecified atom stereocenters. The van der Waals surface area contributed by atoms with Gasteiger partial charge in [0, 0.05) is 48.7 Å². The summed E-state index contributed by atoms with van der Waals surface area (Å²) in [6.45, 7) is 8.41. The number of aromatic nitrogens is 5. The zero-order valence-corrected chi connectivity index (χ0v) is 21.1. The zero-order chi connectivity index (χ0) is 25.8. The first-order chi connectivity index (χ1) is 17.8. The number of piperidine rings is 1. The summed E-state index contributed by atoms with van der Waals surface area (Å²) in [4.78, 5) is 19.8. The summed E-state index contributed by atoms with van der Waals surface area (Å²) in [5.74, 6) is 1.73. The molecule has 1 saturated carbocycles. The molecule has 1 saturated heterocycles. The van der Waals surface area contributed by atoms with Crippen LogP contribution in [0.1, 0.15) is 37.7 Å². The quantitative estimate of drug-likeness (QED) is 0.380. The highest BCUT2D eigenvalue weighted by Gasteiger charge is 2.52. The van der Waals surface area contributed by atoms with E-state index in [1.807, 2.05) is 25.3 Å². The van der Waals surface area contributed by atoms with Crippen LogP contribution < -0.4 is 11.1 Å². The summed E-state index contributed by atoms with van der Waals surface area (Å²) >= 11 is 0. The Morgan fingerprint density at radius 1 is 1.08 bits per heavy atom. The highest BCUT2D eigenvalue weighted by Crippen LogP contribution is 2.48. The number of likely N-dealkylation sites (tertiary alicyclic amines) is 1. The molecule has 2 aliphatic rings. The SMILES string of the molecule is Cc1nc2c(F)cc(-c3cc(Nc4ncc(CN5C[C@H](CN)[C@@H]6CC65)cn4)ncc3F)cc2n1C(C)C. The van der Waals surface area contributed by atoms with Gasteiger partial charge in [-0.25, -0.2) is 28.7 Å². The molecule has 0 spiro atoms. The lowest BCUT2D eigenvalue weighted by Crippen LogP contribution is -2.27. The minimum atomic E-state index is -0.548. The average molecular weight is 505 g/mol. The molecule has 192 valence electrons. The highest BCUT2D eigenvalue weighted by atomic mass is 19.1. The molecule has 3 atom stereocenters. The normalized spacial score (nSPS) is 21.1. The second-order valence-corrected chi connectivity index (χ2v) is 10.4. The van der Waals surface area contributed by atoms with Crippen LogP contribution in [0.15, 0.2) is 36.8 Å². The van der Waals surface area contributed by atoms with Gasteiger partial charge in [0.25, 0.3) is 0 Å². The number of aryl methyl sites for hydroxylation is 1. The van der Waals surface area contributed by atoms with Crippen LogP contribution >= 0.6 is 0 Å². The van der Waals surface area contributed by atoms with Crippen LogP contribution in [-0.4, -0.2) is 48.5 Å². The number of nitrogens with zero attached hydrogens (tertiary/aromatic N) is 6. The van der Waals surface area contributed by atoms with Gasteiger partial charge in [-0.15, -0.1) is 0 Å². The smallest absolute Gasteiger partial charge is 0.228 e. The van der Waals surface area contributed by atoms with Crippen molar-refractivity contribution in [3.8, 4) is 11.1 Å². The standard InChI is InChI=1S/C27H30F2N8/c1-14(2)37-15(3)34-26-21(28)4-17(5-24(26)37)19-7-25(31-11-22(19)29)35-27-32-9-16(10-33-27)12-36-13-18(8-30)20-6-23(20)36/h4-5,7,9-11,14,18,20,23H,6,8,12-13,30H2,1-3H3,(H,31,32,33,35)/t18-,20-,23?/m0/s1. The number of anilines is 2. The number of nitrogens with one attached hydrogen (secondary N) is 1. The minimum absolute atomic E-state index is 0.0811. The van der Waals surface area contributed by atoms with Crippen molar-refractivity contribution < 1.29 is 8.78 Å². The number of benzene rings is 1. The number of pyridine rings is 1. The fourth-order valence-corrected chi connectivity index (χ4v) is 5.78. The molecule has 2 fully saturated rings. The molecule has 4 aromatic rings. The molecule has 1 aliphatic carbocycles. The molecule has 6 rings (SSSR count). The first kappa shape index (κ1) is 23.9. The fraction of sp³-hybridized carbons (Fsp3) is 0.407. The van der Waals surface area contributed by atoms with Crippen LogP contribution in [-0.2, 0) is 6.54 Å². The van der Waals surface area contributed by atoms with Crippen molar-refractivity contribution in [1.82, 2.24) is 29.4 Å². The number of imidazole rings is 1. The maximum Gasteiger partial charge on any atom is 0.228 e. The van der Waals surface area contributed by atoms with Crippen LogP contribution in [0.3, 0.4) is 0 Å². The van der Waals surface area contributed by atoms with Gasteiger partial charge in [-0.3, -0.25) is 4.90 Å². The van der Waals surface area contributed by atoms with Crippen molar-refractivity contribution in [2.45, 2.75) is 45.8 Å². The Bertz CT molecular complexity index is 1470. The van der Waals surface area contributed by atoms with E-state index >= 15 is 0 Å². The highest BCUT2D eigenvalue weighted by molar-refractivity contribution is 5.84. The summed E-state index contributed by atoms with van der Waals surface area (Å²) in [5, 5.41) is 3.04. The average Bonchev–Trinajstić information content (AvgIpc) is 3.48. The molecule has 1 aliphatic heterocycles. The molecule has 3 N–H and O–H groups in total. The second kappa shape index (κ2) is 9.11. The van der Waals surface area contributed by atoms with Crippen molar-refractivity contribution in [2.75, 3.05) is 18.4 Å². The summed E-state index contributed by atoms with van der Waals surface area (Å²) in [7, 11) is 0. The van der Waals surface area contributed by atoms with Crippen LogP contribution in [0, 0.1) is 30.4 Å². The Morgan fingerprint density at radius 3 is 2.57 bits per heavy atom. The number of rotatable bonds is 7. The Kier molecular flexibility index (Phi) is 5.88. The molecule has 0 radical (unpaired) electrons. The number of hydrogen-bond donors (Lipinski definition) is 2. The molecule has 37 heavy (non-hydrogen) atoms. The maximum absolute atomic E-state index is 15.0. The van der Waals surface area contributed by atoms with E-state index in [0.717, 1.165) is 37.3 Å². The monoisotopic (exact) mass is 504 g/mol. The summed E-state index contributed by atoms with van der Waals surface area (Å²) in [6, 6.07) is 5.34. The molecule has 1 aromatic carbocycles. The lowest BCUT2D eigenvalue weighted by Gasteiger charge is -2.19. The van der Waals surface area contributed by atoms with Gasteiger partial charge in [-0.05, 0) is 69.3 Å². The minimum Gasteiger partial charge on any atom is -0.330 e. The van der Waals surface area contributed by atoms with Gasteiger partial charge in [-0.2, -0.15) is 0 Å². The maximum atomic E-state index is 15.0. The van der Waals surface area contributed by atoms with Gasteiger partial charge in [-0.1, -0.05) is 0 Å². The first-order valence-electron chi connectivity index (χ1n) is 12.7. The molecular weight excluding hydrogens is 474 g/mol. The van der Waals surface area contributed by atoms with Gasteiger partial charge >= 0.3 is 0 Å². The van der Waals surface area contributed by atoms with Crippen molar-refractivity contribution in [3.05, 3.63) is 59.8 Å². The molecule has 4 heterocycles. The van der Waals surface area contributed by atoms with E-state index < -0.39 is 11.6 Å². The molecule has 0 bridgehead atoms. The van der Waals surface area contributed by atoms with Crippen LogP contribution in [0.25, 0.3) is 22.2 Å². The molecule has 10 heteroatoms. The summed E-state index contributed by atoms with van der Waals surface area (Å²) in [6.07, 6.45) is 5.95. The van der Waals surface area contributed by atoms with Gasteiger partial charge in [0.15, 0.2) is 5.82 Å². The first-order valence-corrected chi connectivity index (χ1v) is 12.7. The Morgan fingerprint density at radius 2 is 1.86 bits per heavy atom. The van der Waals surface area contributed by atoms with E-state index in [4.69, 9.17) is 5.73 Å². The Labute approximate surface area is 214 Å². The number of fused-ring (bicyclic) bond motifs is 2. The summed E-state index contributed by atoms with van der Waals surface area (Å²) in [5.41, 5.74) is 8.47. The lowest BCUT2D eigenvalue weighted by atomic mass is 10.0. The van der Waals surface area contributed by atoms with Gasteiger partial charge < -0.3 is 15.6 Å². The van der Waals surface area contributed by atoms with Crippen LogP contribution in [0.5, 0.6) is 0 Å². The third-order valence-corrected chi connectivity index (χ3v) is 7.59. The predicted octanol–water partition coefficient (Wildman–Crippen LogP) is 4.58. The van der Waals surface area contributed by atoms with E-state index in [2.05, 4.69) is 30.2 Å². The molecular formula is C27H30F2N8. The zero-order valence-electron chi connectivity index (χ0n) is 21.1. The summed E-state index contributed by atoms with van der Waals surface area (Å²) < 4.78 is 31.7. The third-order valence-electron chi connectivity index (χ3n) is 7.59. The predicted molar refractivity (Wildman–Crippen MR) is 138 cm³/mol. The lowest BCUT2D eigenvalue weighted by molar-refractivity contribution is 0.270. The van der Waals surface area contributed by atoms with Gasteiger partial charge in [0.1, 0.15) is 23.0 Å². The largest absolute Gasteiger partial charge is 0.330 e. The Hall–Kier alpha value is -3.50. The van der Waals surface area contributed by atoms with Crippen molar-refractivity contribution in [1.29, 1.82) is 0 Å². The van der Waals surface area contributed by atoms with Crippen molar-refractivity contribution >= 4 is 22.8 Å². The number of hydrogen-bond acceptors (Lipinski definition) is 7. The van der Waals surface area contributed by atoms with E-state index in [9.17, 15) is 8.78 Å². The number of halogens is 2.